The fourth-order valence-electron chi connectivity index (χ4n) is 1.50. The molecule has 1 amide bonds. The van der Waals surface area contributed by atoms with Gasteiger partial charge in [-0.15, -0.1) is 0 Å². The van der Waals surface area contributed by atoms with Gasteiger partial charge in [0.25, 0.3) is 5.91 Å². The van der Waals surface area contributed by atoms with E-state index in [4.69, 9.17) is 0 Å². The van der Waals surface area contributed by atoms with Gasteiger partial charge in [0.1, 0.15) is 6.33 Å². The molecule has 0 saturated heterocycles. The molecule has 0 radical (unpaired) electrons. The average molecular weight is 295 g/mol. The summed E-state index contributed by atoms with van der Waals surface area (Å²) < 4.78 is 25.8. The first-order valence-corrected chi connectivity index (χ1v) is 7.27. The van der Waals surface area contributed by atoms with E-state index < -0.39 is 15.9 Å². The number of anilines is 1. The topological polar surface area (TPSA) is 117 Å². The van der Waals surface area contributed by atoms with Crippen molar-refractivity contribution < 1.29 is 13.2 Å². The predicted octanol–water partition coefficient (Wildman–Crippen LogP) is 0.355. The maximum absolute atomic E-state index is 11.7. The third kappa shape index (κ3) is 3.19. The van der Waals surface area contributed by atoms with Crippen LogP contribution in [-0.2, 0) is 10.0 Å². The Morgan fingerprint density at radius 2 is 2.00 bits per heavy atom. The van der Waals surface area contributed by atoms with Crippen molar-refractivity contribution in [3.63, 3.8) is 0 Å². The van der Waals surface area contributed by atoms with E-state index in [1.54, 1.807) is 6.92 Å². The van der Waals surface area contributed by atoms with Crippen molar-refractivity contribution >= 4 is 21.6 Å². The molecule has 2 aromatic rings. The molecule has 0 atom stereocenters. The number of H-pyrrole nitrogens is 1. The summed E-state index contributed by atoms with van der Waals surface area (Å²) in [5.41, 5.74) is 0.460. The molecule has 2 rings (SSSR count). The van der Waals surface area contributed by atoms with E-state index in [1.165, 1.54) is 30.6 Å². The maximum atomic E-state index is 11.7. The second kappa shape index (κ2) is 5.80. The van der Waals surface area contributed by atoms with Crippen molar-refractivity contribution in [3.8, 4) is 0 Å². The molecule has 8 nitrogen and oxygen atoms in total. The lowest BCUT2D eigenvalue weighted by Gasteiger charge is -2.06. The van der Waals surface area contributed by atoms with Crippen LogP contribution in [-0.4, -0.2) is 36.1 Å². The summed E-state index contributed by atoms with van der Waals surface area (Å²) >= 11 is 0. The van der Waals surface area contributed by atoms with Crippen LogP contribution in [0.1, 0.15) is 17.5 Å². The quantitative estimate of drug-likeness (QED) is 0.736. The molecule has 0 aliphatic rings. The predicted molar refractivity (Wildman–Crippen MR) is 71.6 cm³/mol. The molecule has 0 bridgehead atoms. The Morgan fingerprint density at radius 3 is 2.55 bits per heavy atom. The maximum Gasteiger partial charge on any atom is 0.292 e. The molecule has 1 aromatic heterocycles. The minimum atomic E-state index is -3.49. The Balaban J connectivity index is 2.11. The molecular weight excluding hydrogens is 282 g/mol. The fraction of sp³-hybridized carbons (Fsp3) is 0.182. The number of amides is 1. The number of hydrogen-bond acceptors (Lipinski definition) is 5. The summed E-state index contributed by atoms with van der Waals surface area (Å²) in [6.07, 6.45) is 1.22. The molecule has 0 aliphatic carbocycles. The molecule has 106 valence electrons. The van der Waals surface area contributed by atoms with Gasteiger partial charge in [0, 0.05) is 12.2 Å². The molecule has 3 N–H and O–H groups in total. The second-order valence-corrected chi connectivity index (χ2v) is 5.58. The molecule has 1 heterocycles. The van der Waals surface area contributed by atoms with Crippen LogP contribution in [0.2, 0.25) is 0 Å². The zero-order chi connectivity index (χ0) is 14.6. The van der Waals surface area contributed by atoms with Gasteiger partial charge in [0.2, 0.25) is 15.8 Å². The summed E-state index contributed by atoms with van der Waals surface area (Å²) in [4.78, 5) is 15.5. The van der Waals surface area contributed by atoms with Gasteiger partial charge < -0.3 is 5.32 Å². The van der Waals surface area contributed by atoms with Gasteiger partial charge in [-0.1, -0.05) is 6.92 Å². The molecule has 20 heavy (non-hydrogen) atoms. The highest BCUT2D eigenvalue weighted by Crippen LogP contribution is 2.14. The van der Waals surface area contributed by atoms with Crippen LogP contribution in [0.25, 0.3) is 0 Å². The number of carbonyl (C=O) groups is 1. The van der Waals surface area contributed by atoms with E-state index in [0.29, 0.717) is 12.2 Å². The number of benzene rings is 1. The normalized spacial score (nSPS) is 11.2. The van der Waals surface area contributed by atoms with Gasteiger partial charge in [0.15, 0.2) is 0 Å². The molecule has 0 fully saturated rings. The Hall–Kier alpha value is -2.26. The van der Waals surface area contributed by atoms with Gasteiger partial charge in [-0.25, -0.2) is 18.1 Å². The molecular formula is C11H13N5O3S. The minimum absolute atomic E-state index is 0.0781. The van der Waals surface area contributed by atoms with Crippen LogP contribution in [0.15, 0.2) is 35.5 Å². The molecule has 0 unspecified atom stereocenters. The Kier molecular flexibility index (Phi) is 4.11. The second-order valence-electron chi connectivity index (χ2n) is 3.81. The zero-order valence-electron chi connectivity index (χ0n) is 10.6. The van der Waals surface area contributed by atoms with E-state index >= 15 is 0 Å². The van der Waals surface area contributed by atoms with Crippen LogP contribution in [0.4, 0.5) is 5.69 Å². The van der Waals surface area contributed by atoms with Crippen LogP contribution in [0, 0.1) is 0 Å². The minimum Gasteiger partial charge on any atom is -0.319 e. The number of carbonyl (C=O) groups excluding carboxylic acids is 1. The van der Waals surface area contributed by atoms with E-state index in [-0.39, 0.29) is 10.7 Å². The van der Waals surface area contributed by atoms with Crippen LogP contribution < -0.4 is 10.0 Å². The molecule has 9 heteroatoms. The van der Waals surface area contributed by atoms with Crippen LogP contribution in [0.5, 0.6) is 0 Å². The summed E-state index contributed by atoms with van der Waals surface area (Å²) in [6, 6.07) is 5.82. The van der Waals surface area contributed by atoms with Crippen molar-refractivity contribution in [2.24, 2.45) is 0 Å². The number of nitrogens with zero attached hydrogens (tertiary/aromatic N) is 2. The molecule has 0 aliphatic heterocycles. The highest BCUT2D eigenvalue weighted by atomic mass is 32.2. The van der Waals surface area contributed by atoms with Crippen molar-refractivity contribution in [3.05, 3.63) is 36.4 Å². The van der Waals surface area contributed by atoms with Crippen LogP contribution >= 0.6 is 0 Å². The SMILES string of the molecule is CCNS(=O)(=O)c1ccc(NC(=O)c2ncn[nH]2)cc1. The van der Waals surface area contributed by atoms with E-state index in [2.05, 4.69) is 25.2 Å². The molecule has 0 spiro atoms. The van der Waals surface area contributed by atoms with E-state index in [1.807, 2.05) is 0 Å². The van der Waals surface area contributed by atoms with Crippen molar-refractivity contribution in [1.82, 2.24) is 19.9 Å². The molecule has 0 saturated carbocycles. The van der Waals surface area contributed by atoms with E-state index in [0.717, 1.165) is 0 Å². The third-order valence-corrected chi connectivity index (χ3v) is 3.95. The van der Waals surface area contributed by atoms with Gasteiger partial charge in [-0.2, -0.15) is 5.10 Å². The largest absolute Gasteiger partial charge is 0.319 e. The average Bonchev–Trinajstić information content (AvgIpc) is 2.93. The summed E-state index contributed by atoms with van der Waals surface area (Å²) in [6.45, 7) is 2.01. The van der Waals surface area contributed by atoms with Crippen LogP contribution in [0.3, 0.4) is 0 Å². The monoisotopic (exact) mass is 295 g/mol. The first-order valence-electron chi connectivity index (χ1n) is 5.79. The first-order chi connectivity index (χ1) is 9.53. The Bertz CT molecular complexity index is 679. The highest BCUT2D eigenvalue weighted by Gasteiger charge is 2.13. The lowest BCUT2D eigenvalue weighted by Crippen LogP contribution is -2.23. The lowest BCUT2D eigenvalue weighted by atomic mass is 10.3. The summed E-state index contributed by atoms with van der Waals surface area (Å²) in [7, 11) is -3.49. The van der Waals surface area contributed by atoms with Crippen molar-refractivity contribution in [1.29, 1.82) is 0 Å². The third-order valence-electron chi connectivity index (χ3n) is 2.39. The smallest absolute Gasteiger partial charge is 0.292 e. The number of aromatic amines is 1. The number of aromatic nitrogens is 3. The Morgan fingerprint density at radius 1 is 1.30 bits per heavy atom. The lowest BCUT2D eigenvalue weighted by molar-refractivity contribution is 0.101. The fourth-order valence-corrected chi connectivity index (χ4v) is 2.54. The first kappa shape index (κ1) is 14.2. The zero-order valence-corrected chi connectivity index (χ0v) is 11.4. The Labute approximate surface area is 115 Å². The van der Waals surface area contributed by atoms with Crippen molar-refractivity contribution in [2.45, 2.75) is 11.8 Å². The van der Waals surface area contributed by atoms with Gasteiger partial charge in [-0.05, 0) is 24.3 Å². The van der Waals surface area contributed by atoms with Gasteiger partial charge in [-0.3, -0.25) is 9.89 Å². The standard InChI is InChI=1S/C11H13N5O3S/c1-2-14-20(18,19)9-5-3-8(4-6-9)15-11(17)10-12-7-13-16-10/h3-7,14H,2H2,1H3,(H,15,17)(H,12,13,16). The summed E-state index contributed by atoms with van der Waals surface area (Å²) in [5, 5.41) is 8.56. The number of rotatable bonds is 5. The van der Waals surface area contributed by atoms with E-state index in [9.17, 15) is 13.2 Å². The number of nitrogens with one attached hydrogen (secondary N) is 3. The number of hydrogen-bond donors (Lipinski definition) is 3. The van der Waals surface area contributed by atoms with Gasteiger partial charge >= 0.3 is 0 Å². The van der Waals surface area contributed by atoms with Gasteiger partial charge in [0.05, 0.1) is 4.90 Å². The van der Waals surface area contributed by atoms with Crippen molar-refractivity contribution in [2.75, 3.05) is 11.9 Å². The highest BCUT2D eigenvalue weighted by molar-refractivity contribution is 7.89. The number of sulfonamides is 1. The summed E-state index contributed by atoms with van der Waals surface area (Å²) in [5.74, 6) is -0.376. The molecule has 1 aromatic carbocycles.